The summed E-state index contributed by atoms with van der Waals surface area (Å²) in [5, 5.41) is 5.36. The fourth-order valence-corrected chi connectivity index (χ4v) is 2.13. The van der Waals surface area contributed by atoms with E-state index in [9.17, 15) is 22.4 Å². The second-order valence-corrected chi connectivity index (χ2v) is 5.13. The molecule has 1 aromatic heterocycles. The van der Waals surface area contributed by atoms with Crippen LogP contribution in [0.15, 0.2) is 60.7 Å². The molecular formula is C17H11F4N3O2. The largest absolute Gasteiger partial charge is 0.432 e. The van der Waals surface area contributed by atoms with Gasteiger partial charge in [-0.05, 0) is 36.4 Å². The normalized spacial score (nSPS) is 11.2. The van der Waals surface area contributed by atoms with Gasteiger partial charge in [0.05, 0.1) is 5.69 Å². The van der Waals surface area contributed by atoms with Gasteiger partial charge in [-0.25, -0.2) is 14.1 Å². The lowest BCUT2D eigenvalue weighted by Gasteiger charge is -2.19. The Morgan fingerprint density at radius 3 is 2.27 bits per heavy atom. The van der Waals surface area contributed by atoms with Crippen LogP contribution in [0.5, 0.6) is 5.75 Å². The third kappa shape index (κ3) is 3.82. The SMILES string of the molecule is O=C(Oc1ccccc1)N(c1ccc(F)cc1)c1cc(C(F)(F)F)[nH]n1. The number of para-hydroxylation sites is 1. The lowest BCUT2D eigenvalue weighted by atomic mass is 10.3. The summed E-state index contributed by atoms with van der Waals surface area (Å²) in [6.45, 7) is 0. The lowest BCUT2D eigenvalue weighted by Crippen LogP contribution is -2.29. The first-order chi connectivity index (χ1) is 12.3. The van der Waals surface area contributed by atoms with Crippen LogP contribution in [0.1, 0.15) is 5.69 Å². The number of hydrogen-bond acceptors (Lipinski definition) is 3. The number of ether oxygens (including phenoxy) is 1. The van der Waals surface area contributed by atoms with Crippen molar-refractivity contribution in [2.24, 2.45) is 0 Å². The molecule has 1 heterocycles. The molecule has 0 bridgehead atoms. The first kappa shape index (κ1) is 17.5. The number of amides is 1. The maximum Gasteiger partial charge on any atom is 0.432 e. The fraction of sp³-hybridized carbons (Fsp3) is 0.0588. The minimum absolute atomic E-state index is 0.0903. The number of anilines is 2. The molecule has 0 aliphatic heterocycles. The van der Waals surface area contributed by atoms with Crippen molar-refractivity contribution in [2.75, 3.05) is 4.90 Å². The summed E-state index contributed by atoms with van der Waals surface area (Å²) in [6, 6.07) is 13.2. The molecule has 0 radical (unpaired) electrons. The maximum absolute atomic E-state index is 13.2. The van der Waals surface area contributed by atoms with Crippen LogP contribution >= 0.6 is 0 Å². The second-order valence-electron chi connectivity index (χ2n) is 5.13. The van der Waals surface area contributed by atoms with Gasteiger partial charge in [-0.2, -0.15) is 18.3 Å². The Morgan fingerprint density at radius 1 is 1.04 bits per heavy atom. The van der Waals surface area contributed by atoms with Crippen molar-refractivity contribution in [3.8, 4) is 5.75 Å². The predicted octanol–water partition coefficient (Wildman–Crippen LogP) is 4.90. The Kier molecular flexibility index (Phi) is 4.61. The van der Waals surface area contributed by atoms with Gasteiger partial charge in [-0.15, -0.1) is 0 Å². The van der Waals surface area contributed by atoms with Gasteiger partial charge < -0.3 is 4.74 Å². The molecule has 5 nitrogen and oxygen atoms in total. The van der Waals surface area contributed by atoms with E-state index >= 15 is 0 Å². The number of aromatic amines is 1. The van der Waals surface area contributed by atoms with E-state index < -0.39 is 23.8 Å². The molecule has 0 atom stereocenters. The predicted molar refractivity (Wildman–Crippen MR) is 84.6 cm³/mol. The summed E-state index contributed by atoms with van der Waals surface area (Å²) < 4.78 is 56.8. The summed E-state index contributed by atoms with van der Waals surface area (Å²) in [5.41, 5.74) is -1.04. The molecule has 0 spiro atoms. The van der Waals surface area contributed by atoms with Gasteiger partial charge >= 0.3 is 12.3 Å². The monoisotopic (exact) mass is 365 g/mol. The highest BCUT2D eigenvalue weighted by Gasteiger charge is 2.35. The molecule has 0 saturated carbocycles. The molecule has 1 amide bonds. The Balaban J connectivity index is 1.97. The molecule has 134 valence electrons. The molecule has 2 aromatic carbocycles. The lowest BCUT2D eigenvalue weighted by molar-refractivity contribution is -0.141. The Labute approximate surface area is 144 Å². The van der Waals surface area contributed by atoms with Gasteiger partial charge in [-0.1, -0.05) is 18.2 Å². The molecular weight excluding hydrogens is 354 g/mol. The van der Waals surface area contributed by atoms with Crippen LogP contribution in [0.2, 0.25) is 0 Å². The topological polar surface area (TPSA) is 58.2 Å². The van der Waals surface area contributed by atoms with Crippen LogP contribution in [-0.4, -0.2) is 16.3 Å². The molecule has 0 unspecified atom stereocenters. The fourth-order valence-electron chi connectivity index (χ4n) is 2.13. The number of benzene rings is 2. The number of carbonyl (C=O) groups excluding carboxylic acids is 1. The molecule has 26 heavy (non-hydrogen) atoms. The molecule has 3 aromatic rings. The molecule has 9 heteroatoms. The molecule has 1 N–H and O–H groups in total. The van der Waals surface area contributed by atoms with Crippen LogP contribution in [0.3, 0.4) is 0 Å². The third-order valence-corrected chi connectivity index (χ3v) is 3.31. The minimum Gasteiger partial charge on any atom is -0.410 e. The maximum atomic E-state index is 13.2. The van der Waals surface area contributed by atoms with Crippen LogP contribution in [-0.2, 0) is 6.18 Å². The van der Waals surface area contributed by atoms with E-state index in [4.69, 9.17) is 4.74 Å². The van der Waals surface area contributed by atoms with E-state index in [1.165, 1.54) is 24.3 Å². The van der Waals surface area contributed by atoms with Crippen LogP contribution < -0.4 is 9.64 Å². The van der Waals surface area contributed by atoms with E-state index in [1.54, 1.807) is 18.2 Å². The number of nitrogens with zero attached hydrogens (tertiary/aromatic N) is 2. The van der Waals surface area contributed by atoms with Gasteiger partial charge in [0.1, 0.15) is 17.3 Å². The molecule has 0 fully saturated rings. The number of nitrogens with one attached hydrogen (secondary N) is 1. The average Bonchev–Trinajstić information content (AvgIpc) is 3.08. The first-order valence-corrected chi connectivity index (χ1v) is 7.30. The van der Waals surface area contributed by atoms with E-state index in [2.05, 4.69) is 5.10 Å². The minimum atomic E-state index is -4.66. The second kappa shape index (κ2) is 6.87. The quantitative estimate of drug-likeness (QED) is 0.672. The zero-order valence-corrected chi connectivity index (χ0v) is 13.0. The highest BCUT2D eigenvalue weighted by Crippen LogP contribution is 2.32. The number of carbonyl (C=O) groups is 1. The number of hydrogen-bond donors (Lipinski definition) is 1. The zero-order valence-electron chi connectivity index (χ0n) is 13.0. The number of aromatic nitrogens is 2. The first-order valence-electron chi connectivity index (χ1n) is 7.30. The molecule has 0 saturated heterocycles. The van der Waals surface area contributed by atoms with E-state index in [-0.39, 0.29) is 17.3 Å². The van der Waals surface area contributed by atoms with Crippen molar-refractivity contribution in [3.63, 3.8) is 0 Å². The van der Waals surface area contributed by atoms with Crippen molar-refractivity contribution in [2.45, 2.75) is 6.18 Å². The summed E-state index contributed by atoms with van der Waals surface area (Å²) in [5.74, 6) is -0.718. The summed E-state index contributed by atoms with van der Waals surface area (Å²) >= 11 is 0. The molecule has 0 aliphatic rings. The molecule has 3 rings (SSSR count). The highest BCUT2D eigenvalue weighted by molar-refractivity contribution is 5.96. The average molecular weight is 365 g/mol. The van der Waals surface area contributed by atoms with E-state index in [0.717, 1.165) is 17.0 Å². The van der Waals surface area contributed by atoms with Crippen molar-refractivity contribution in [1.29, 1.82) is 0 Å². The highest BCUT2D eigenvalue weighted by atomic mass is 19.4. The number of H-pyrrole nitrogens is 1. The number of halogens is 4. The van der Waals surface area contributed by atoms with Gasteiger partial charge in [0.25, 0.3) is 0 Å². The Morgan fingerprint density at radius 2 is 1.69 bits per heavy atom. The Hall–Kier alpha value is -3.36. The van der Waals surface area contributed by atoms with E-state index in [1.807, 2.05) is 5.10 Å². The van der Waals surface area contributed by atoms with Crippen LogP contribution in [0, 0.1) is 5.82 Å². The summed E-state index contributed by atoms with van der Waals surface area (Å²) in [7, 11) is 0. The third-order valence-electron chi connectivity index (χ3n) is 3.31. The summed E-state index contributed by atoms with van der Waals surface area (Å²) in [4.78, 5) is 13.3. The Bertz CT molecular complexity index is 892. The van der Waals surface area contributed by atoms with Crippen LogP contribution in [0.25, 0.3) is 0 Å². The zero-order chi connectivity index (χ0) is 18.7. The number of rotatable bonds is 3. The van der Waals surface area contributed by atoms with Crippen LogP contribution in [0.4, 0.5) is 33.9 Å². The number of alkyl halides is 3. The molecule has 0 aliphatic carbocycles. The standard InChI is InChI=1S/C17H11F4N3O2/c18-11-6-8-12(9-7-11)24(15-10-14(22-23-15)17(19,20)21)16(25)26-13-4-2-1-3-5-13/h1-10H,(H,22,23). The smallest absolute Gasteiger partial charge is 0.410 e. The van der Waals surface area contributed by atoms with E-state index in [0.29, 0.717) is 6.07 Å². The van der Waals surface area contributed by atoms with Gasteiger partial charge in [0.15, 0.2) is 5.82 Å². The van der Waals surface area contributed by atoms with Crippen molar-refractivity contribution in [3.05, 3.63) is 72.2 Å². The van der Waals surface area contributed by atoms with Gasteiger partial charge in [0.2, 0.25) is 0 Å². The van der Waals surface area contributed by atoms with Crippen molar-refractivity contribution < 1.29 is 27.1 Å². The van der Waals surface area contributed by atoms with Gasteiger partial charge in [-0.3, -0.25) is 5.10 Å². The van der Waals surface area contributed by atoms with Crippen molar-refractivity contribution in [1.82, 2.24) is 10.2 Å². The van der Waals surface area contributed by atoms with Gasteiger partial charge in [0, 0.05) is 6.07 Å². The summed E-state index contributed by atoms with van der Waals surface area (Å²) in [6.07, 6.45) is -5.66. The van der Waals surface area contributed by atoms with Crippen molar-refractivity contribution >= 4 is 17.6 Å².